The molecule has 0 bridgehead atoms. The van der Waals surface area contributed by atoms with Crippen molar-refractivity contribution in [3.63, 3.8) is 0 Å². The van der Waals surface area contributed by atoms with Crippen molar-refractivity contribution in [3.05, 3.63) is 54.0 Å². The Bertz CT molecular complexity index is 1360. The molecule has 5 rings (SSSR count). The molecule has 43 heavy (non-hydrogen) atoms. The van der Waals surface area contributed by atoms with Crippen molar-refractivity contribution in [2.24, 2.45) is 5.92 Å². The second kappa shape index (κ2) is 13.8. The SMILES string of the molecule is CCn1nccc1-c1ccc([C@H](CCN2CCNCC2)NC(=O)[C@@H]2C[C@@H](O)CN2C(=O)[C@H](C(C)C)n2cc(C)nn2)cc1. The van der Waals surface area contributed by atoms with Crippen molar-refractivity contribution >= 4 is 11.8 Å². The molecule has 0 spiro atoms. The summed E-state index contributed by atoms with van der Waals surface area (Å²) in [6.07, 6.45) is 3.71. The fourth-order valence-electron chi connectivity index (χ4n) is 6.23. The lowest BCUT2D eigenvalue weighted by Crippen LogP contribution is -2.50. The molecule has 2 aromatic heterocycles. The van der Waals surface area contributed by atoms with Crippen molar-refractivity contribution in [3.8, 4) is 11.3 Å². The molecule has 0 saturated carbocycles. The summed E-state index contributed by atoms with van der Waals surface area (Å²) in [4.78, 5) is 31.7. The normalized spacial score (nSPS) is 20.8. The van der Waals surface area contributed by atoms with Crippen LogP contribution in [0.3, 0.4) is 0 Å². The molecule has 3 N–H and O–H groups in total. The van der Waals surface area contributed by atoms with E-state index in [1.165, 1.54) is 4.90 Å². The Kier molecular flexibility index (Phi) is 9.89. The number of carbonyl (C=O) groups is 2. The van der Waals surface area contributed by atoms with Crippen LogP contribution in [0.5, 0.6) is 0 Å². The smallest absolute Gasteiger partial charge is 0.248 e. The number of benzene rings is 1. The molecule has 2 aliphatic heterocycles. The summed E-state index contributed by atoms with van der Waals surface area (Å²) in [6.45, 7) is 13.4. The van der Waals surface area contributed by atoms with Crippen LogP contribution in [-0.2, 0) is 16.1 Å². The van der Waals surface area contributed by atoms with E-state index in [4.69, 9.17) is 0 Å². The van der Waals surface area contributed by atoms with Gasteiger partial charge >= 0.3 is 0 Å². The number of nitrogens with zero attached hydrogens (tertiary/aromatic N) is 7. The highest BCUT2D eigenvalue weighted by molar-refractivity contribution is 5.90. The summed E-state index contributed by atoms with van der Waals surface area (Å²) >= 11 is 0. The van der Waals surface area contributed by atoms with Gasteiger partial charge in [-0.2, -0.15) is 5.10 Å². The monoisotopic (exact) mass is 591 g/mol. The first-order chi connectivity index (χ1) is 20.7. The molecule has 0 unspecified atom stereocenters. The third-order valence-electron chi connectivity index (χ3n) is 8.54. The van der Waals surface area contributed by atoms with Crippen LogP contribution in [0, 0.1) is 12.8 Å². The maximum absolute atomic E-state index is 13.9. The number of β-amino-alcohol motifs (C(OH)–C–C–N with tert-alkyl or cyclic N) is 1. The van der Waals surface area contributed by atoms with E-state index in [1.54, 1.807) is 17.1 Å². The summed E-state index contributed by atoms with van der Waals surface area (Å²) in [7, 11) is 0. The maximum atomic E-state index is 13.9. The van der Waals surface area contributed by atoms with E-state index in [2.05, 4.69) is 62.1 Å². The predicted octanol–water partition coefficient (Wildman–Crippen LogP) is 1.78. The number of rotatable bonds is 11. The highest BCUT2D eigenvalue weighted by Crippen LogP contribution is 2.28. The van der Waals surface area contributed by atoms with Gasteiger partial charge in [-0.25, -0.2) is 4.68 Å². The molecular weight excluding hydrogens is 546 g/mol. The number of aromatic nitrogens is 5. The van der Waals surface area contributed by atoms with Crippen LogP contribution in [0.2, 0.25) is 0 Å². The number of aliphatic hydroxyl groups is 1. The van der Waals surface area contributed by atoms with Gasteiger partial charge < -0.3 is 25.5 Å². The topological polar surface area (TPSA) is 133 Å². The van der Waals surface area contributed by atoms with Crippen LogP contribution in [-0.4, -0.2) is 103 Å². The molecule has 12 heteroatoms. The molecule has 1 aromatic carbocycles. The van der Waals surface area contributed by atoms with Crippen LogP contribution in [0.1, 0.15) is 57.0 Å². The minimum Gasteiger partial charge on any atom is -0.391 e. The van der Waals surface area contributed by atoms with E-state index in [0.717, 1.165) is 62.5 Å². The number of nitrogens with one attached hydrogen (secondary N) is 2. The molecule has 4 heterocycles. The molecule has 232 valence electrons. The summed E-state index contributed by atoms with van der Waals surface area (Å²) in [6, 6.07) is 8.65. The molecular formula is C31H45N9O3. The third kappa shape index (κ3) is 7.14. The molecule has 2 saturated heterocycles. The summed E-state index contributed by atoms with van der Waals surface area (Å²) in [5, 5.41) is 29.9. The first-order valence-corrected chi connectivity index (χ1v) is 15.5. The fraction of sp³-hybridized carbons (Fsp3) is 0.581. The molecule has 3 aromatic rings. The van der Waals surface area contributed by atoms with E-state index in [-0.39, 0.29) is 36.7 Å². The molecule has 2 amide bonds. The van der Waals surface area contributed by atoms with E-state index in [1.807, 2.05) is 31.5 Å². The summed E-state index contributed by atoms with van der Waals surface area (Å²) < 4.78 is 3.53. The second-order valence-electron chi connectivity index (χ2n) is 12.0. The Morgan fingerprint density at radius 3 is 2.53 bits per heavy atom. The predicted molar refractivity (Wildman–Crippen MR) is 163 cm³/mol. The van der Waals surface area contributed by atoms with Gasteiger partial charge in [0, 0.05) is 64.6 Å². The van der Waals surface area contributed by atoms with Gasteiger partial charge in [-0.15, -0.1) is 5.10 Å². The standard InChI is InChI=1S/C31H45N9O3/c1-5-39-27(10-12-33-39)24-8-6-23(7-9-24)26(11-15-37-16-13-32-14-17-37)34-30(42)28-18-25(41)20-38(28)31(43)29(21(2)3)40-19-22(4)35-36-40/h6-10,12,19,21,25-26,28-29,32,41H,5,11,13-18,20H2,1-4H3,(H,34,42)/t25-,26+,28+,29+/m1/s1. The Morgan fingerprint density at radius 1 is 1.14 bits per heavy atom. The summed E-state index contributed by atoms with van der Waals surface area (Å²) in [5.74, 6) is -0.559. The van der Waals surface area contributed by atoms with Crippen molar-refractivity contribution in [1.82, 2.24) is 45.2 Å². The van der Waals surface area contributed by atoms with Gasteiger partial charge in [0.2, 0.25) is 11.8 Å². The minimum absolute atomic E-state index is 0.0793. The maximum Gasteiger partial charge on any atom is 0.248 e. The largest absolute Gasteiger partial charge is 0.391 e. The first-order valence-electron chi connectivity index (χ1n) is 15.5. The highest BCUT2D eigenvalue weighted by Gasteiger charge is 2.43. The lowest BCUT2D eigenvalue weighted by atomic mass is 9.99. The highest BCUT2D eigenvalue weighted by atomic mass is 16.3. The minimum atomic E-state index is -0.771. The van der Waals surface area contributed by atoms with Gasteiger partial charge in [0.15, 0.2) is 0 Å². The Morgan fingerprint density at radius 2 is 1.88 bits per heavy atom. The molecule has 0 radical (unpaired) electrons. The van der Waals surface area contributed by atoms with E-state index < -0.39 is 18.2 Å². The molecule has 0 aliphatic carbocycles. The number of amides is 2. The Hall–Kier alpha value is -3.61. The average molecular weight is 592 g/mol. The van der Waals surface area contributed by atoms with E-state index >= 15 is 0 Å². The Balaban J connectivity index is 1.36. The lowest BCUT2D eigenvalue weighted by Gasteiger charge is -2.32. The first kappa shape index (κ1) is 30.8. The quantitative estimate of drug-likeness (QED) is 0.307. The number of likely N-dealkylation sites (tertiary alicyclic amines) is 1. The second-order valence-corrected chi connectivity index (χ2v) is 12.0. The molecule has 2 aliphatic rings. The zero-order chi connectivity index (χ0) is 30.5. The van der Waals surface area contributed by atoms with Gasteiger partial charge in [0.1, 0.15) is 12.1 Å². The lowest BCUT2D eigenvalue weighted by molar-refractivity contribution is -0.142. The molecule has 4 atom stereocenters. The van der Waals surface area contributed by atoms with Crippen LogP contribution < -0.4 is 10.6 Å². The van der Waals surface area contributed by atoms with Gasteiger partial charge in [-0.1, -0.05) is 43.3 Å². The third-order valence-corrected chi connectivity index (χ3v) is 8.54. The van der Waals surface area contributed by atoms with Gasteiger partial charge in [0.05, 0.1) is 23.5 Å². The van der Waals surface area contributed by atoms with Gasteiger partial charge in [0.25, 0.3) is 0 Å². The van der Waals surface area contributed by atoms with Crippen LogP contribution in [0.25, 0.3) is 11.3 Å². The number of aliphatic hydroxyl groups excluding tert-OH is 1. The van der Waals surface area contributed by atoms with Crippen molar-refractivity contribution < 1.29 is 14.7 Å². The Labute approximate surface area is 253 Å². The van der Waals surface area contributed by atoms with Crippen molar-refractivity contribution in [2.45, 2.75) is 71.3 Å². The number of carbonyl (C=O) groups excluding carboxylic acids is 2. The van der Waals surface area contributed by atoms with Crippen molar-refractivity contribution in [1.29, 1.82) is 0 Å². The van der Waals surface area contributed by atoms with Crippen LogP contribution in [0.15, 0.2) is 42.7 Å². The molecule has 12 nitrogen and oxygen atoms in total. The zero-order valence-corrected chi connectivity index (χ0v) is 25.7. The number of hydrogen-bond acceptors (Lipinski definition) is 8. The van der Waals surface area contributed by atoms with E-state index in [9.17, 15) is 14.7 Å². The molecule has 2 fully saturated rings. The van der Waals surface area contributed by atoms with Crippen molar-refractivity contribution in [2.75, 3.05) is 39.3 Å². The van der Waals surface area contributed by atoms with Crippen LogP contribution in [0.4, 0.5) is 0 Å². The zero-order valence-electron chi connectivity index (χ0n) is 25.7. The number of aryl methyl sites for hydroxylation is 2. The van der Waals surface area contributed by atoms with E-state index in [0.29, 0.717) is 5.69 Å². The van der Waals surface area contributed by atoms with Gasteiger partial charge in [-0.3, -0.25) is 14.3 Å². The summed E-state index contributed by atoms with van der Waals surface area (Å²) in [5.41, 5.74) is 3.83. The number of piperazine rings is 1. The fourth-order valence-corrected chi connectivity index (χ4v) is 6.23. The van der Waals surface area contributed by atoms with Gasteiger partial charge in [-0.05, 0) is 43.4 Å². The van der Waals surface area contributed by atoms with Crippen LogP contribution >= 0.6 is 0 Å². The average Bonchev–Trinajstić information content (AvgIpc) is 3.75. The number of hydrogen-bond donors (Lipinski definition) is 3.